The van der Waals surface area contributed by atoms with Crippen molar-refractivity contribution in [3.8, 4) is 0 Å². The van der Waals surface area contributed by atoms with Crippen LogP contribution in [0, 0.1) is 0 Å². The summed E-state index contributed by atoms with van der Waals surface area (Å²) in [6.07, 6.45) is 2.31. The molecule has 0 bridgehead atoms. The van der Waals surface area contributed by atoms with Gasteiger partial charge in [0.25, 0.3) is 0 Å². The molecule has 1 aliphatic carbocycles. The summed E-state index contributed by atoms with van der Waals surface area (Å²) in [5.74, 6) is 1.78. The van der Waals surface area contributed by atoms with Crippen LogP contribution in [0.15, 0.2) is 59.8 Å². The highest BCUT2D eigenvalue weighted by Gasteiger charge is 2.30. The predicted molar refractivity (Wildman–Crippen MR) is 121 cm³/mol. The summed E-state index contributed by atoms with van der Waals surface area (Å²) in [5, 5.41) is 12.5. The van der Waals surface area contributed by atoms with Crippen molar-refractivity contribution in [3.05, 3.63) is 77.1 Å². The molecule has 2 aromatic carbocycles. The third kappa shape index (κ3) is 5.41. The minimum atomic E-state index is -0.0894. The number of rotatable bonds is 9. The number of carbonyl (C=O) groups excluding carboxylic acids is 2. The zero-order chi connectivity index (χ0) is 21.8. The van der Waals surface area contributed by atoms with Crippen LogP contribution in [0.1, 0.15) is 66.0 Å². The molecule has 31 heavy (non-hydrogen) atoms. The molecule has 0 aliphatic heterocycles. The Kier molecular flexibility index (Phi) is 6.51. The smallest absolute Gasteiger partial charge is 0.217 e. The van der Waals surface area contributed by atoms with E-state index in [1.165, 1.54) is 24.2 Å². The molecule has 0 radical (unpaired) electrons. The van der Waals surface area contributed by atoms with E-state index < -0.39 is 0 Å². The Labute approximate surface area is 186 Å². The fourth-order valence-electron chi connectivity index (χ4n) is 3.52. The summed E-state index contributed by atoms with van der Waals surface area (Å²) in [7, 11) is 0. The first-order valence-electron chi connectivity index (χ1n) is 10.5. The maximum atomic E-state index is 12.8. The standard InChI is InChI=1S/C24H26N4O2S/c1-16(25-17(2)29)19-8-10-20(11-9-19)22(30)15-31-24-27-26-23(21-12-13-21)28(24)14-18-6-4-3-5-7-18/h3-11,16,21H,12-15H2,1-2H3,(H,25,29). The van der Waals surface area contributed by atoms with E-state index in [9.17, 15) is 9.59 Å². The lowest BCUT2D eigenvalue weighted by molar-refractivity contribution is -0.119. The van der Waals surface area contributed by atoms with E-state index in [1.54, 1.807) is 0 Å². The van der Waals surface area contributed by atoms with Crippen LogP contribution >= 0.6 is 11.8 Å². The molecule has 6 nitrogen and oxygen atoms in total. The largest absolute Gasteiger partial charge is 0.350 e. The second kappa shape index (κ2) is 9.47. The van der Waals surface area contributed by atoms with Gasteiger partial charge in [-0.2, -0.15) is 0 Å². The minimum absolute atomic E-state index is 0.0472. The lowest BCUT2D eigenvalue weighted by atomic mass is 10.0. The van der Waals surface area contributed by atoms with Gasteiger partial charge in [0.05, 0.1) is 18.3 Å². The molecule has 1 atom stereocenters. The summed E-state index contributed by atoms with van der Waals surface area (Å²) < 4.78 is 2.16. The third-order valence-corrected chi connectivity index (χ3v) is 6.32. The van der Waals surface area contributed by atoms with E-state index in [0.717, 1.165) is 29.4 Å². The van der Waals surface area contributed by atoms with Crippen molar-refractivity contribution in [2.75, 3.05) is 5.75 Å². The van der Waals surface area contributed by atoms with E-state index in [-0.39, 0.29) is 17.7 Å². The number of hydrogen-bond donors (Lipinski definition) is 1. The van der Waals surface area contributed by atoms with Crippen LogP contribution in [0.25, 0.3) is 0 Å². The first kappa shape index (κ1) is 21.3. The molecule has 1 heterocycles. The Hall–Kier alpha value is -2.93. The van der Waals surface area contributed by atoms with Gasteiger partial charge >= 0.3 is 0 Å². The van der Waals surface area contributed by atoms with Crippen molar-refractivity contribution in [1.82, 2.24) is 20.1 Å². The van der Waals surface area contributed by atoms with E-state index in [1.807, 2.05) is 49.4 Å². The molecule has 1 saturated carbocycles. The normalized spacial score (nSPS) is 14.3. The van der Waals surface area contributed by atoms with Gasteiger partial charge in [-0.15, -0.1) is 10.2 Å². The van der Waals surface area contributed by atoms with Crippen LogP contribution in [-0.4, -0.2) is 32.2 Å². The number of aromatic nitrogens is 3. The average molecular weight is 435 g/mol. The number of benzene rings is 2. The maximum Gasteiger partial charge on any atom is 0.217 e. The zero-order valence-corrected chi connectivity index (χ0v) is 18.6. The van der Waals surface area contributed by atoms with Crippen LogP contribution in [0.4, 0.5) is 0 Å². The van der Waals surface area contributed by atoms with Gasteiger partial charge in [0.2, 0.25) is 5.91 Å². The molecular weight excluding hydrogens is 408 g/mol. The number of amides is 1. The molecule has 0 saturated heterocycles. The van der Waals surface area contributed by atoms with E-state index in [4.69, 9.17) is 0 Å². The molecule has 1 aliphatic rings. The van der Waals surface area contributed by atoms with E-state index in [0.29, 0.717) is 23.8 Å². The molecule has 1 N–H and O–H groups in total. The van der Waals surface area contributed by atoms with Crippen LogP contribution in [0.5, 0.6) is 0 Å². The molecular formula is C24H26N4O2S. The SMILES string of the molecule is CC(=O)NC(C)c1ccc(C(=O)CSc2nnc(C3CC3)n2Cc2ccccc2)cc1. The molecule has 1 aromatic heterocycles. The first-order chi connectivity index (χ1) is 15.0. The second-order valence-electron chi connectivity index (χ2n) is 7.94. The lowest BCUT2D eigenvalue weighted by Crippen LogP contribution is -2.23. The fraction of sp³-hybridized carbons (Fsp3) is 0.333. The maximum absolute atomic E-state index is 12.8. The minimum Gasteiger partial charge on any atom is -0.350 e. The van der Waals surface area contributed by atoms with Crippen LogP contribution in [0.2, 0.25) is 0 Å². The van der Waals surface area contributed by atoms with Crippen molar-refractivity contribution < 1.29 is 9.59 Å². The summed E-state index contributed by atoms with van der Waals surface area (Å²) in [5.41, 5.74) is 2.82. The Balaban J connectivity index is 1.43. The third-order valence-electron chi connectivity index (χ3n) is 5.36. The second-order valence-corrected chi connectivity index (χ2v) is 8.89. The fourth-order valence-corrected chi connectivity index (χ4v) is 4.36. The summed E-state index contributed by atoms with van der Waals surface area (Å²) in [4.78, 5) is 24.0. The summed E-state index contributed by atoms with van der Waals surface area (Å²) >= 11 is 1.44. The molecule has 1 fully saturated rings. The van der Waals surface area contributed by atoms with Crippen LogP contribution in [0.3, 0.4) is 0 Å². The number of Topliss-reactive ketones (excluding diaryl/α,β-unsaturated/α-hetero) is 1. The Bertz CT molecular complexity index is 1060. The zero-order valence-electron chi connectivity index (χ0n) is 17.7. The molecule has 1 unspecified atom stereocenters. The number of nitrogens with one attached hydrogen (secondary N) is 1. The highest BCUT2D eigenvalue weighted by atomic mass is 32.2. The Morgan fingerprint density at radius 3 is 2.45 bits per heavy atom. The molecule has 0 spiro atoms. The average Bonchev–Trinajstić information content (AvgIpc) is 3.54. The summed E-state index contributed by atoms with van der Waals surface area (Å²) in [6.45, 7) is 4.13. The number of hydrogen-bond acceptors (Lipinski definition) is 5. The highest BCUT2D eigenvalue weighted by molar-refractivity contribution is 7.99. The molecule has 160 valence electrons. The van der Waals surface area contributed by atoms with Crippen molar-refractivity contribution in [2.24, 2.45) is 0 Å². The van der Waals surface area contributed by atoms with E-state index in [2.05, 4.69) is 32.2 Å². The van der Waals surface area contributed by atoms with Gasteiger partial charge < -0.3 is 9.88 Å². The van der Waals surface area contributed by atoms with E-state index >= 15 is 0 Å². The monoisotopic (exact) mass is 434 g/mol. The van der Waals surface area contributed by atoms with Crippen LogP contribution in [-0.2, 0) is 11.3 Å². The topological polar surface area (TPSA) is 76.9 Å². The predicted octanol–water partition coefficient (Wildman–Crippen LogP) is 4.38. The van der Waals surface area contributed by atoms with Gasteiger partial charge in [-0.3, -0.25) is 9.59 Å². The Morgan fingerprint density at radius 1 is 1.10 bits per heavy atom. The van der Waals surface area contributed by atoms with Gasteiger partial charge in [0.1, 0.15) is 5.82 Å². The van der Waals surface area contributed by atoms with Crippen molar-refractivity contribution in [1.29, 1.82) is 0 Å². The lowest BCUT2D eigenvalue weighted by Gasteiger charge is -2.13. The van der Waals surface area contributed by atoms with Gasteiger partial charge in [-0.05, 0) is 30.9 Å². The Morgan fingerprint density at radius 2 is 1.81 bits per heavy atom. The number of nitrogens with zero attached hydrogens (tertiary/aromatic N) is 3. The van der Waals surface area contributed by atoms with Crippen molar-refractivity contribution >= 4 is 23.5 Å². The first-order valence-corrected chi connectivity index (χ1v) is 11.5. The van der Waals surface area contributed by atoms with Gasteiger partial charge in [0.15, 0.2) is 10.9 Å². The summed E-state index contributed by atoms with van der Waals surface area (Å²) in [6, 6.07) is 17.6. The van der Waals surface area contributed by atoms with Crippen molar-refractivity contribution in [2.45, 2.75) is 50.4 Å². The highest BCUT2D eigenvalue weighted by Crippen LogP contribution is 2.40. The number of thioether (sulfide) groups is 1. The molecule has 3 aromatic rings. The molecule has 1 amide bonds. The molecule has 7 heteroatoms. The van der Waals surface area contributed by atoms with Crippen LogP contribution < -0.4 is 5.32 Å². The number of ketones is 1. The van der Waals surface area contributed by atoms with Crippen molar-refractivity contribution in [3.63, 3.8) is 0 Å². The quantitative estimate of drug-likeness (QED) is 0.400. The number of carbonyl (C=O) groups is 2. The molecule has 4 rings (SSSR count). The van der Waals surface area contributed by atoms with Gasteiger partial charge in [-0.1, -0.05) is 66.4 Å². The van der Waals surface area contributed by atoms with Gasteiger partial charge in [-0.25, -0.2) is 0 Å². The van der Waals surface area contributed by atoms with Gasteiger partial charge in [0, 0.05) is 18.4 Å².